The van der Waals surface area contributed by atoms with E-state index < -0.39 is 0 Å². The lowest BCUT2D eigenvalue weighted by molar-refractivity contribution is 0.0257. The standard InChI is InChI=1S/C16H31N3O/c1-18-8-7-13(10-18)11-19(2)12-16-6-5-15(20-16)9-17-14-3-4-14/h13-17H,3-12H2,1-2H3. The van der Waals surface area contributed by atoms with Crippen LogP contribution in [-0.4, -0.2) is 74.9 Å². The fourth-order valence-electron chi connectivity index (χ4n) is 3.69. The molecule has 4 nitrogen and oxygen atoms in total. The Kier molecular flexibility index (Phi) is 4.97. The molecule has 0 amide bonds. The van der Waals surface area contributed by atoms with Crippen LogP contribution in [0.5, 0.6) is 0 Å². The minimum absolute atomic E-state index is 0.463. The first-order chi connectivity index (χ1) is 9.69. The van der Waals surface area contributed by atoms with E-state index in [0.29, 0.717) is 12.2 Å². The Morgan fingerprint density at radius 1 is 1.10 bits per heavy atom. The molecule has 1 saturated carbocycles. The van der Waals surface area contributed by atoms with Gasteiger partial charge in [-0.1, -0.05) is 0 Å². The first-order valence-corrected chi connectivity index (χ1v) is 8.45. The van der Waals surface area contributed by atoms with E-state index in [9.17, 15) is 0 Å². The molecular formula is C16H31N3O. The lowest BCUT2D eigenvalue weighted by atomic mass is 10.1. The molecule has 0 radical (unpaired) electrons. The lowest BCUT2D eigenvalue weighted by Gasteiger charge is -2.24. The van der Waals surface area contributed by atoms with E-state index in [1.807, 2.05) is 0 Å². The van der Waals surface area contributed by atoms with Gasteiger partial charge in [-0.25, -0.2) is 0 Å². The van der Waals surface area contributed by atoms with Gasteiger partial charge in [0, 0.05) is 32.2 Å². The maximum atomic E-state index is 6.18. The largest absolute Gasteiger partial charge is 0.372 e. The summed E-state index contributed by atoms with van der Waals surface area (Å²) < 4.78 is 6.18. The Labute approximate surface area is 123 Å². The summed E-state index contributed by atoms with van der Waals surface area (Å²) in [6, 6.07) is 0.805. The summed E-state index contributed by atoms with van der Waals surface area (Å²) in [4.78, 5) is 4.94. The number of likely N-dealkylation sites (N-methyl/N-ethyl adjacent to an activating group) is 1. The third kappa shape index (κ3) is 4.42. The van der Waals surface area contributed by atoms with E-state index >= 15 is 0 Å². The molecule has 4 heteroatoms. The first-order valence-electron chi connectivity index (χ1n) is 8.45. The monoisotopic (exact) mass is 281 g/mol. The summed E-state index contributed by atoms with van der Waals surface area (Å²) in [6.07, 6.45) is 7.51. The van der Waals surface area contributed by atoms with Gasteiger partial charge >= 0.3 is 0 Å². The second-order valence-corrected chi connectivity index (χ2v) is 7.28. The Balaban J connectivity index is 1.31. The van der Waals surface area contributed by atoms with Gasteiger partial charge in [0.2, 0.25) is 0 Å². The molecule has 3 aliphatic rings. The third-order valence-corrected chi connectivity index (χ3v) is 4.98. The predicted octanol–water partition coefficient (Wildman–Crippen LogP) is 1.17. The van der Waals surface area contributed by atoms with E-state index in [4.69, 9.17) is 4.74 Å². The molecule has 20 heavy (non-hydrogen) atoms. The molecule has 3 fully saturated rings. The van der Waals surface area contributed by atoms with E-state index in [-0.39, 0.29) is 0 Å². The highest BCUT2D eigenvalue weighted by Crippen LogP contribution is 2.23. The second-order valence-electron chi connectivity index (χ2n) is 7.28. The van der Waals surface area contributed by atoms with Gasteiger partial charge in [-0.3, -0.25) is 0 Å². The highest BCUT2D eigenvalue weighted by molar-refractivity contribution is 4.85. The van der Waals surface area contributed by atoms with Gasteiger partial charge in [-0.2, -0.15) is 0 Å². The van der Waals surface area contributed by atoms with Crippen LogP contribution >= 0.6 is 0 Å². The lowest BCUT2D eigenvalue weighted by Crippen LogP contribution is -2.35. The van der Waals surface area contributed by atoms with Crippen molar-refractivity contribution in [3.8, 4) is 0 Å². The zero-order chi connectivity index (χ0) is 13.9. The van der Waals surface area contributed by atoms with E-state index in [0.717, 1.165) is 25.0 Å². The van der Waals surface area contributed by atoms with E-state index in [2.05, 4.69) is 29.2 Å². The smallest absolute Gasteiger partial charge is 0.0707 e. The van der Waals surface area contributed by atoms with Crippen LogP contribution < -0.4 is 5.32 Å². The number of hydrogen-bond acceptors (Lipinski definition) is 4. The molecule has 2 heterocycles. The number of nitrogens with one attached hydrogen (secondary N) is 1. The average Bonchev–Trinajstić information content (AvgIpc) is 3.00. The van der Waals surface area contributed by atoms with Gasteiger partial charge in [-0.15, -0.1) is 0 Å². The molecule has 116 valence electrons. The molecular weight excluding hydrogens is 250 g/mol. The van der Waals surface area contributed by atoms with Gasteiger partial charge in [-0.05, 0) is 58.7 Å². The molecule has 3 rings (SSSR count). The molecule has 0 bridgehead atoms. The van der Waals surface area contributed by atoms with Crippen LogP contribution in [0.1, 0.15) is 32.1 Å². The predicted molar refractivity (Wildman–Crippen MR) is 82.0 cm³/mol. The summed E-state index contributed by atoms with van der Waals surface area (Å²) in [5.41, 5.74) is 0. The Hall–Kier alpha value is -0.160. The number of rotatable bonds is 7. The summed E-state index contributed by atoms with van der Waals surface area (Å²) in [5, 5.41) is 3.59. The molecule has 2 saturated heterocycles. The minimum Gasteiger partial charge on any atom is -0.372 e. The van der Waals surface area contributed by atoms with Crippen molar-refractivity contribution >= 4 is 0 Å². The zero-order valence-corrected chi connectivity index (χ0v) is 13.2. The Morgan fingerprint density at radius 2 is 1.90 bits per heavy atom. The minimum atomic E-state index is 0.463. The van der Waals surface area contributed by atoms with Gasteiger partial charge in [0.1, 0.15) is 0 Å². The van der Waals surface area contributed by atoms with Crippen molar-refractivity contribution < 1.29 is 4.74 Å². The van der Waals surface area contributed by atoms with Crippen LogP contribution in [0.4, 0.5) is 0 Å². The van der Waals surface area contributed by atoms with Crippen molar-refractivity contribution in [1.82, 2.24) is 15.1 Å². The van der Waals surface area contributed by atoms with E-state index in [1.165, 1.54) is 51.7 Å². The fourth-order valence-corrected chi connectivity index (χ4v) is 3.69. The molecule has 1 aliphatic carbocycles. The summed E-state index contributed by atoms with van der Waals surface area (Å²) >= 11 is 0. The van der Waals surface area contributed by atoms with Gasteiger partial charge in [0.15, 0.2) is 0 Å². The molecule has 0 spiro atoms. The maximum absolute atomic E-state index is 6.18. The van der Waals surface area contributed by atoms with Crippen LogP contribution in [0.2, 0.25) is 0 Å². The van der Waals surface area contributed by atoms with Crippen LogP contribution in [0, 0.1) is 5.92 Å². The van der Waals surface area contributed by atoms with Crippen molar-refractivity contribution in [2.24, 2.45) is 5.92 Å². The molecule has 0 aromatic heterocycles. The number of hydrogen-bond donors (Lipinski definition) is 1. The molecule has 0 aromatic carbocycles. The van der Waals surface area contributed by atoms with Crippen molar-refractivity contribution in [3.63, 3.8) is 0 Å². The maximum Gasteiger partial charge on any atom is 0.0707 e. The SMILES string of the molecule is CN1CCC(CN(C)CC2CCC(CNC3CC3)O2)C1. The second kappa shape index (κ2) is 6.73. The topological polar surface area (TPSA) is 27.7 Å². The number of likely N-dealkylation sites (tertiary alicyclic amines) is 1. The van der Waals surface area contributed by atoms with Crippen molar-refractivity contribution in [1.29, 1.82) is 0 Å². The van der Waals surface area contributed by atoms with Crippen molar-refractivity contribution in [2.45, 2.75) is 50.4 Å². The third-order valence-electron chi connectivity index (χ3n) is 4.98. The fraction of sp³-hybridized carbons (Fsp3) is 1.00. The molecule has 3 unspecified atom stereocenters. The highest BCUT2D eigenvalue weighted by atomic mass is 16.5. The van der Waals surface area contributed by atoms with Crippen molar-refractivity contribution in [3.05, 3.63) is 0 Å². The van der Waals surface area contributed by atoms with Crippen LogP contribution in [0.15, 0.2) is 0 Å². The van der Waals surface area contributed by atoms with Gasteiger partial charge in [0.05, 0.1) is 12.2 Å². The number of nitrogens with zero attached hydrogens (tertiary/aromatic N) is 2. The van der Waals surface area contributed by atoms with Crippen LogP contribution in [0.25, 0.3) is 0 Å². The number of ether oxygens (including phenoxy) is 1. The summed E-state index contributed by atoms with van der Waals surface area (Å²) in [5.74, 6) is 0.860. The highest BCUT2D eigenvalue weighted by Gasteiger charge is 2.29. The van der Waals surface area contributed by atoms with E-state index in [1.54, 1.807) is 0 Å². The Morgan fingerprint density at radius 3 is 2.60 bits per heavy atom. The molecule has 2 aliphatic heterocycles. The quantitative estimate of drug-likeness (QED) is 0.758. The summed E-state index contributed by atoms with van der Waals surface area (Å²) in [6.45, 7) is 5.95. The zero-order valence-electron chi connectivity index (χ0n) is 13.2. The Bertz CT molecular complexity index is 308. The van der Waals surface area contributed by atoms with Crippen LogP contribution in [0.3, 0.4) is 0 Å². The molecule has 1 N–H and O–H groups in total. The van der Waals surface area contributed by atoms with Gasteiger partial charge in [0.25, 0.3) is 0 Å². The van der Waals surface area contributed by atoms with Crippen LogP contribution in [-0.2, 0) is 4.74 Å². The molecule has 0 aromatic rings. The first kappa shape index (κ1) is 14.8. The normalized spacial score (nSPS) is 35.2. The average molecular weight is 281 g/mol. The molecule has 3 atom stereocenters. The van der Waals surface area contributed by atoms with Crippen molar-refractivity contribution in [2.75, 3.05) is 46.8 Å². The summed E-state index contributed by atoms with van der Waals surface area (Å²) in [7, 11) is 4.50. The van der Waals surface area contributed by atoms with Gasteiger partial charge < -0.3 is 19.9 Å².